The summed E-state index contributed by atoms with van der Waals surface area (Å²) >= 11 is 0. The van der Waals surface area contributed by atoms with Crippen molar-refractivity contribution in [2.45, 2.75) is 52.1 Å². The van der Waals surface area contributed by atoms with Crippen molar-refractivity contribution in [1.29, 1.82) is 0 Å². The van der Waals surface area contributed by atoms with Gasteiger partial charge in [0, 0.05) is 25.2 Å². The maximum absolute atomic E-state index is 6.03. The zero-order valence-corrected chi connectivity index (χ0v) is 12.3. The van der Waals surface area contributed by atoms with Gasteiger partial charge in [-0.15, -0.1) is 12.4 Å². The van der Waals surface area contributed by atoms with Crippen molar-refractivity contribution >= 4 is 12.4 Å². The molecule has 0 aromatic rings. The van der Waals surface area contributed by atoms with Crippen molar-refractivity contribution in [3.63, 3.8) is 0 Å². The standard InChI is InChI=1S/C13H28N2O.ClH/c1-11(2)10-16-9-8-15-7-5-4-6-13(15)12(3)14;/h11-13H,4-10,14H2,1-3H3;1H. The summed E-state index contributed by atoms with van der Waals surface area (Å²) < 4.78 is 5.64. The third kappa shape index (κ3) is 6.61. The summed E-state index contributed by atoms with van der Waals surface area (Å²) in [5.74, 6) is 0.630. The molecule has 1 saturated heterocycles. The molecule has 1 rings (SSSR count). The Morgan fingerprint density at radius 1 is 1.29 bits per heavy atom. The van der Waals surface area contributed by atoms with Crippen molar-refractivity contribution in [3.8, 4) is 0 Å². The highest BCUT2D eigenvalue weighted by Gasteiger charge is 2.24. The summed E-state index contributed by atoms with van der Waals surface area (Å²) in [5, 5.41) is 0. The molecule has 0 spiro atoms. The van der Waals surface area contributed by atoms with Crippen LogP contribution in [0.2, 0.25) is 0 Å². The van der Waals surface area contributed by atoms with E-state index in [-0.39, 0.29) is 18.4 Å². The lowest BCUT2D eigenvalue weighted by molar-refractivity contribution is 0.0550. The molecule has 4 heteroatoms. The monoisotopic (exact) mass is 264 g/mol. The Hall–Kier alpha value is 0.170. The summed E-state index contributed by atoms with van der Waals surface area (Å²) in [7, 11) is 0. The Bertz CT molecular complexity index is 188. The molecule has 1 aliphatic rings. The zero-order valence-electron chi connectivity index (χ0n) is 11.5. The highest BCUT2D eigenvalue weighted by molar-refractivity contribution is 5.85. The Kier molecular flexibility index (Phi) is 9.24. The van der Waals surface area contributed by atoms with E-state index < -0.39 is 0 Å². The normalized spacial score (nSPS) is 23.5. The minimum absolute atomic E-state index is 0. The van der Waals surface area contributed by atoms with Crippen molar-refractivity contribution in [2.24, 2.45) is 11.7 Å². The lowest BCUT2D eigenvalue weighted by atomic mass is 9.97. The van der Waals surface area contributed by atoms with E-state index in [1.165, 1.54) is 25.8 Å². The molecule has 0 bridgehead atoms. The lowest BCUT2D eigenvalue weighted by Gasteiger charge is -2.37. The average molecular weight is 265 g/mol. The Morgan fingerprint density at radius 3 is 2.59 bits per heavy atom. The first-order valence-electron chi connectivity index (χ1n) is 6.68. The second-order valence-electron chi connectivity index (χ2n) is 5.43. The van der Waals surface area contributed by atoms with Crippen LogP contribution in [-0.4, -0.2) is 43.3 Å². The Morgan fingerprint density at radius 2 is 2.00 bits per heavy atom. The van der Waals surface area contributed by atoms with E-state index in [2.05, 4.69) is 25.7 Å². The summed E-state index contributed by atoms with van der Waals surface area (Å²) in [6.45, 7) is 10.4. The minimum Gasteiger partial charge on any atom is -0.380 e. The molecule has 0 aromatic heterocycles. The van der Waals surface area contributed by atoms with Gasteiger partial charge in [-0.3, -0.25) is 4.90 Å². The van der Waals surface area contributed by atoms with E-state index in [0.29, 0.717) is 12.0 Å². The average Bonchev–Trinajstić information content (AvgIpc) is 2.24. The van der Waals surface area contributed by atoms with Crippen molar-refractivity contribution in [3.05, 3.63) is 0 Å². The van der Waals surface area contributed by atoms with E-state index >= 15 is 0 Å². The fourth-order valence-electron chi connectivity index (χ4n) is 2.39. The van der Waals surface area contributed by atoms with Crippen molar-refractivity contribution in [2.75, 3.05) is 26.3 Å². The molecule has 3 nitrogen and oxygen atoms in total. The number of hydrogen-bond donors (Lipinski definition) is 1. The van der Waals surface area contributed by atoms with E-state index in [1.807, 2.05) is 0 Å². The summed E-state index contributed by atoms with van der Waals surface area (Å²) in [4.78, 5) is 2.51. The van der Waals surface area contributed by atoms with E-state index in [4.69, 9.17) is 10.5 Å². The SMILES string of the molecule is CC(C)COCCN1CCCCC1C(C)N.Cl. The molecule has 17 heavy (non-hydrogen) atoms. The predicted molar refractivity (Wildman–Crippen MR) is 75.8 cm³/mol. The van der Waals surface area contributed by atoms with Gasteiger partial charge in [-0.05, 0) is 32.2 Å². The van der Waals surface area contributed by atoms with Crippen molar-refractivity contribution in [1.82, 2.24) is 4.90 Å². The highest BCUT2D eigenvalue weighted by atomic mass is 35.5. The molecule has 0 aromatic carbocycles. The predicted octanol–water partition coefficient (Wildman–Crippen LogP) is 2.28. The quantitative estimate of drug-likeness (QED) is 0.748. The molecular weight excluding hydrogens is 236 g/mol. The van der Waals surface area contributed by atoms with Gasteiger partial charge in [-0.2, -0.15) is 0 Å². The maximum Gasteiger partial charge on any atom is 0.0593 e. The van der Waals surface area contributed by atoms with Gasteiger partial charge in [0.1, 0.15) is 0 Å². The van der Waals surface area contributed by atoms with Crippen LogP contribution in [0.5, 0.6) is 0 Å². The molecule has 1 fully saturated rings. The maximum atomic E-state index is 6.03. The number of ether oxygens (including phenoxy) is 1. The molecule has 1 heterocycles. The first-order chi connectivity index (χ1) is 7.61. The number of nitrogens with two attached hydrogens (primary N) is 1. The van der Waals surface area contributed by atoms with E-state index in [1.54, 1.807) is 0 Å². The number of rotatable bonds is 6. The van der Waals surface area contributed by atoms with Crippen LogP contribution in [0.25, 0.3) is 0 Å². The van der Waals surface area contributed by atoms with Gasteiger partial charge >= 0.3 is 0 Å². The smallest absolute Gasteiger partial charge is 0.0593 e. The van der Waals surface area contributed by atoms with Crippen molar-refractivity contribution < 1.29 is 4.74 Å². The van der Waals surface area contributed by atoms with Crippen LogP contribution in [0.3, 0.4) is 0 Å². The van der Waals surface area contributed by atoms with Gasteiger partial charge in [-0.1, -0.05) is 20.3 Å². The molecular formula is C13H29ClN2O. The number of hydrogen-bond acceptors (Lipinski definition) is 3. The summed E-state index contributed by atoms with van der Waals surface area (Å²) in [6.07, 6.45) is 3.89. The fraction of sp³-hybridized carbons (Fsp3) is 1.00. The molecule has 0 amide bonds. The van der Waals surface area contributed by atoms with E-state index in [0.717, 1.165) is 19.8 Å². The molecule has 0 radical (unpaired) electrons. The first kappa shape index (κ1) is 17.2. The van der Waals surface area contributed by atoms with Gasteiger partial charge in [0.15, 0.2) is 0 Å². The fourth-order valence-corrected chi connectivity index (χ4v) is 2.39. The first-order valence-corrected chi connectivity index (χ1v) is 6.68. The number of nitrogens with zero attached hydrogens (tertiary/aromatic N) is 1. The lowest BCUT2D eigenvalue weighted by Crippen LogP contribution is -2.50. The van der Waals surface area contributed by atoms with Gasteiger partial charge < -0.3 is 10.5 Å². The third-order valence-electron chi connectivity index (χ3n) is 3.25. The van der Waals surface area contributed by atoms with Crippen LogP contribution >= 0.6 is 12.4 Å². The molecule has 1 aliphatic heterocycles. The van der Waals surface area contributed by atoms with E-state index in [9.17, 15) is 0 Å². The van der Waals surface area contributed by atoms with Crippen LogP contribution in [0, 0.1) is 5.92 Å². The largest absolute Gasteiger partial charge is 0.380 e. The molecule has 2 unspecified atom stereocenters. The van der Waals surface area contributed by atoms with Crippen LogP contribution < -0.4 is 5.73 Å². The third-order valence-corrected chi connectivity index (χ3v) is 3.25. The van der Waals surface area contributed by atoms with Crippen LogP contribution in [-0.2, 0) is 4.74 Å². The summed E-state index contributed by atoms with van der Waals surface area (Å²) in [5.41, 5.74) is 6.03. The molecule has 0 aliphatic carbocycles. The summed E-state index contributed by atoms with van der Waals surface area (Å²) in [6, 6.07) is 0.849. The van der Waals surface area contributed by atoms with Gasteiger partial charge in [0.25, 0.3) is 0 Å². The van der Waals surface area contributed by atoms with Gasteiger partial charge in [0.05, 0.1) is 6.61 Å². The zero-order chi connectivity index (χ0) is 12.0. The molecule has 0 saturated carbocycles. The minimum atomic E-state index is 0. The van der Waals surface area contributed by atoms with Gasteiger partial charge in [0.2, 0.25) is 0 Å². The topological polar surface area (TPSA) is 38.5 Å². The Balaban J connectivity index is 0.00000256. The van der Waals surface area contributed by atoms with Crippen LogP contribution in [0.15, 0.2) is 0 Å². The van der Waals surface area contributed by atoms with Crippen LogP contribution in [0.4, 0.5) is 0 Å². The number of piperidine rings is 1. The van der Waals surface area contributed by atoms with Gasteiger partial charge in [-0.25, -0.2) is 0 Å². The highest BCUT2D eigenvalue weighted by Crippen LogP contribution is 2.18. The molecule has 2 N–H and O–H groups in total. The number of halogens is 1. The second-order valence-corrected chi connectivity index (χ2v) is 5.43. The Labute approximate surface area is 112 Å². The molecule has 2 atom stereocenters. The molecule has 104 valence electrons. The number of likely N-dealkylation sites (tertiary alicyclic amines) is 1. The second kappa shape index (κ2) is 9.15. The van der Waals surface area contributed by atoms with Crippen LogP contribution in [0.1, 0.15) is 40.0 Å².